The molecule has 16 heavy (non-hydrogen) atoms. The summed E-state index contributed by atoms with van der Waals surface area (Å²) in [6.07, 6.45) is 0.810. The second-order valence-corrected chi connectivity index (χ2v) is 2.73. The van der Waals surface area contributed by atoms with Crippen LogP contribution in [-0.2, 0) is 14.4 Å². The SMILES string of the molecule is CCOC(=O)C=NOC(=O)c1ccccc1. The molecule has 0 atom stereocenters. The van der Waals surface area contributed by atoms with Gasteiger partial charge in [0.15, 0.2) is 6.21 Å². The molecule has 0 aliphatic heterocycles. The van der Waals surface area contributed by atoms with E-state index >= 15 is 0 Å². The Balaban J connectivity index is 2.45. The fourth-order valence-electron chi connectivity index (χ4n) is 0.924. The van der Waals surface area contributed by atoms with E-state index in [1.54, 1.807) is 37.3 Å². The van der Waals surface area contributed by atoms with Crippen molar-refractivity contribution < 1.29 is 19.2 Å². The first-order chi connectivity index (χ1) is 7.74. The summed E-state index contributed by atoms with van der Waals surface area (Å²) in [6.45, 7) is 1.92. The Kier molecular flexibility index (Phi) is 4.72. The van der Waals surface area contributed by atoms with E-state index < -0.39 is 11.9 Å². The van der Waals surface area contributed by atoms with Crippen molar-refractivity contribution in [3.8, 4) is 0 Å². The fourth-order valence-corrected chi connectivity index (χ4v) is 0.924. The molecule has 5 nitrogen and oxygen atoms in total. The van der Waals surface area contributed by atoms with Gasteiger partial charge in [-0.1, -0.05) is 23.4 Å². The normalized spacial score (nSPS) is 10.1. The van der Waals surface area contributed by atoms with Gasteiger partial charge in [-0.2, -0.15) is 0 Å². The Labute approximate surface area is 92.7 Å². The van der Waals surface area contributed by atoms with Crippen LogP contribution < -0.4 is 0 Å². The number of benzene rings is 1. The fraction of sp³-hybridized carbons (Fsp3) is 0.182. The summed E-state index contributed by atoms with van der Waals surface area (Å²) in [7, 11) is 0. The van der Waals surface area contributed by atoms with Crippen LogP contribution in [0.25, 0.3) is 0 Å². The van der Waals surface area contributed by atoms with E-state index in [0.29, 0.717) is 5.56 Å². The lowest BCUT2D eigenvalue weighted by Crippen LogP contribution is -2.07. The van der Waals surface area contributed by atoms with E-state index in [1.807, 2.05) is 0 Å². The molecular formula is C11H11NO4. The van der Waals surface area contributed by atoms with Crippen molar-refractivity contribution in [3.63, 3.8) is 0 Å². The molecule has 0 fully saturated rings. The van der Waals surface area contributed by atoms with Gasteiger partial charge in [0, 0.05) is 0 Å². The lowest BCUT2D eigenvalue weighted by molar-refractivity contribution is -0.134. The molecule has 84 valence electrons. The van der Waals surface area contributed by atoms with Crippen LogP contribution in [0.1, 0.15) is 17.3 Å². The van der Waals surface area contributed by atoms with Crippen molar-refractivity contribution in [3.05, 3.63) is 35.9 Å². The van der Waals surface area contributed by atoms with Crippen molar-refractivity contribution in [2.24, 2.45) is 5.16 Å². The summed E-state index contributed by atoms with van der Waals surface area (Å²) < 4.78 is 4.55. The van der Waals surface area contributed by atoms with Crippen molar-refractivity contribution in [1.82, 2.24) is 0 Å². The largest absolute Gasteiger partial charge is 0.462 e. The van der Waals surface area contributed by atoms with Gasteiger partial charge in [0.25, 0.3) is 0 Å². The van der Waals surface area contributed by atoms with Crippen LogP contribution in [0.2, 0.25) is 0 Å². The Morgan fingerprint density at radius 1 is 1.31 bits per heavy atom. The van der Waals surface area contributed by atoms with Crippen LogP contribution in [0.3, 0.4) is 0 Å². The molecule has 0 bridgehead atoms. The zero-order valence-electron chi connectivity index (χ0n) is 8.75. The molecule has 0 saturated carbocycles. The number of oxime groups is 1. The standard InChI is InChI=1S/C11H11NO4/c1-2-15-10(13)8-12-16-11(14)9-6-4-3-5-7-9/h3-8H,2H2,1H3. The first-order valence-electron chi connectivity index (χ1n) is 4.70. The van der Waals surface area contributed by atoms with Crippen LogP contribution >= 0.6 is 0 Å². The van der Waals surface area contributed by atoms with E-state index in [4.69, 9.17) is 0 Å². The quantitative estimate of drug-likeness (QED) is 0.333. The molecule has 0 N–H and O–H groups in total. The number of esters is 1. The predicted molar refractivity (Wildman–Crippen MR) is 57.0 cm³/mol. The molecular weight excluding hydrogens is 210 g/mol. The molecule has 0 aliphatic carbocycles. The molecule has 0 aliphatic rings. The Hall–Kier alpha value is -2.17. The van der Waals surface area contributed by atoms with Gasteiger partial charge in [-0.3, -0.25) is 0 Å². The van der Waals surface area contributed by atoms with Crippen molar-refractivity contribution in [1.29, 1.82) is 0 Å². The second kappa shape index (κ2) is 6.34. The Morgan fingerprint density at radius 2 is 2.00 bits per heavy atom. The summed E-state index contributed by atoms with van der Waals surface area (Å²) in [6, 6.07) is 8.35. The summed E-state index contributed by atoms with van der Waals surface area (Å²) in [4.78, 5) is 26.6. The van der Waals surface area contributed by atoms with Crippen LogP contribution in [0.4, 0.5) is 0 Å². The van der Waals surface area contributed by atoms with Gasteiger partial charge in [-0.25, -0.2) is 9.59 Å². The topological polar surface area (TPSA) is 65.0 Å². The van der Waals surface area contributed by atoms with Crippen molar-refractivity contribution in [2.45, 2.75) is 6.92 Å². The average molecular weight is 221 g/mol. The first-order valence-corrected chi connectivity index (χ1v) is 4.70. The monoisotopic (exact) mass is 221 g/mol. The van der Waals surface area contributed by atoms with Gasteiger partial charge in [-0.15, -0.1) is 0 Å². The first kappa shape index (κ1) is 11.9. The highest BCUT2D eigenvalue weighted by atomic mass is 16.7. The van der Waals surface area contributed by atoms with E-state index in [1.165, 1.54) is 0 Å². The number of carbonyl (C=O) groups excluding carboxylic acids is 2. The van der Waals surface area contributed by atoms with Crippen molar-refractivity contribution in [2.75, 3.05) is 6.61 Å². The van der Waals surface area contributed by atoms with Crippen LogP contribution in [0.15, 0.2) is 35.5 Å². The molecule has 0 spiro atoms. The molecule has 1 aromatic rings. The van der Waals surface area contributed by atoms with Gasteiger partial charge < -0.3 is 9.57 Å². The zero-order chi connectivity index (χ0) is 11.8. The zero-order valence-corrected chi connectivity index (χ0v) is 8.75. The second-order valence-electron chi connectivity index (χ2n) is 2.73. The maximum atomic E-state index is 11.3. The highest BCUT2D eigenvalue weighted by Crippen LogP contribution is 2.00. The molecule has 0 unspecified atom stereocenters. The highest BCUT2D eigenvalue weighted by Gasteiger charge is 2.05. The number of hydrogen-bond acceptors (Lipinski definition) is 5. The molecule has 0 saturated heterocycles. The third kappa shape index (κ3) is 3.91. The minimum absolute atomic E-state index is 0.248. The summed E-state index contributed by atoms with van der Waals surface area (Å²) >= 11 is 0. The van der Waals surface area contributed by atoms with Crippen LogP contribution in [0, 0.1) is 0 Å². The van der Waals surface area contributed by atoms with Gasteiger partial charge in [0.05, 0.1) is 12.2 Å². The maximum absolute atomic E-state index is 11.3. The van der Waals surface area contributed by atoms with Crippen LogP contribution in [-0.4, -0.2) is 24.8 Å². The molecule has 5 heteroatoms. The Bertz CT molecular complexity index is 386. The van der Waals surface area contributed by atoms with Gasteiger partial charge in [0.1, 0.15) is 0 Å². The molecule has 0 aromatic heterocycles. The van der Waals surface area contributed by atoms with Gasteiger partial charge in [0.2, 0.25) is 0 Å². The van der Waals surface area contributed by atoms with E-state index in [-0.39, 0.29) is 6.61 Å². The molecule has 1 rings (SSSR count). The molecule has 0 amide bonds. The Morgan fingerprint density at radius 3 is 2.62 bits per heavy atom. The summed E-state index contributed by atoms with van der Waals surface area (Å²) in [5.41, 5.74) is 0.364. The minimum Gasteiger partial charge on any atom is -0.462 e. The third-order valence-corrected chi connectivity index (χ3v) is 1.59. The van der Waals surface area contributed by atoms with Crippen molar-refractivity contribution >= 4 is 18.2 Å². The molecule has 1 aromatic carbocycles. The maximum Gasteiger partial charge on any atom is 0.365 e. The number of ether oxygens (including phenoxy) is 1. The lowest BCUT2D eigenvalue weighted by Gasteiger charge is -1.96. The summed E-state index contributed by atoms with van der Waals surface area (Å²) in [5, 5.41) is 3.22. The van der Waals surface area contributed by atoms with Gasteiger partial charge >= 0.3 is 11.9 Å². The number of rotatable bonds is 4. The van der Waals surface area contributed by atoms with E-state index in [0.717, 1.165) is 6.21 Å². The van der Waals surface area contributed by atoms with Crippen LogP contribution in [0.5, 0.6) is 0 Å². The summed E-state index contributed by atoms with van der Waals surface area (Å²) in [5.74, 6) is -1.27. The molecule has 0 heterocycles. The molecule has 0 radical (unpaired) electrons. The third-order valence-electron chi connectivity index (χ3n) is 1.59. The smallest absolute Gasteiger partial charge is 0.365 e. The number of carbonyl (C=O) groups is 2. The van der Waals surface area contributed by atoms with E-state index in [9.17, 15) is 9.59 Å². The van der Waals surface area contributed by atoms with E-state index in [2.05, 4.69) is 14.7 Å². The average Bonchev–Trinajstić information content (AvgIpc) is 2.30. The lowest BCUT2D eigenvalue weighted by atomic mass is 10.2. The minimum atomic E-state index is -0.650. The number of nitrogens with zero attached hydrogens (tertiary/aromatic N) is 1. The van der Waals surface area contributed by atoms with Gasteiger partial charge in [-0.05, 0) is 19.1 Å². The number of hydrogen-bond donors (Lipinski definition) is 0. The predicted octanol–water partition coefficient (Wildman–Crippen LogP) is 1.39. The highest BCUT2D eigenvalue weighted by molar-refractivity contribution is 6.23.